The first-order valence-corrected chi connectivity index (χ1v) is 7.40. The van der Waals surface area contributed by atoms with Crippen LogP contribution >= 0.6 is 0 Å². The van der Waals surface area contributed by atoms with Crippen molar-refractivity contribution in [3.05, 3.63) is 71.9 Å². The second-order valence-corrected chi connectivity index (χ2v) is 5.07. The first-order chi connectivity index (χ1) is 11.7. The predicted molar refractivity (Wildman–Crippen MR) is 88.1 cm³/mol. The molecule has 3 aromatic rings. The fraction of sp³-hybridized carbons (Fsp3) is 0.118. The fourth-order valence-corrected chi connectivity index (χ4v) is 2.11. The topological polar surface area (TPSA) is 62.7 Å². The number of hydrogen-bond donors (Lipinski definition) is 2. The number of nitrogens with zero attached hydrogens (tertiary/aromatic N) is 3. The van der Waals surface area contributed by atoms with Gasteiger partial charge in [-0.1, -0.05) is 24.3 Å². The summed E-state index contributed by atoms with van der Waals surface area (Å²) in [5.41, 5.74) is 1.31. The van der Waals surface area contributed by atoms with Crippen LogP contribution in [0.1, 0.15) is 5.56 Å². The molecule has 5 nitrogen and oxygen atoms in total. The fourth-order valence-electron chi connectivity index (χ4n) is 2.11. The average molecular weight is 327 g/mol. The van der Waals surface area contributed by atoms with Crippen molar-refractivity contribution >= 4 is 17.5 Å². The minimum absolute atomic E-state index is 0.258. The average Bonchev–Trinajstić information content (AvgIpc) is 2.59. The molecule has 0 aliphatic rings. The van der Waals surface area contributed by atoms with E-state index >= 15 is 0 Å². The lowest BCUT2D eigenvalue weighted by Crippen LogP contribution is -2.10. The van der Waals surface area contributed by atoms with Crippen LogP contribution in [0, 0.1) is 11.6 Å². The number of halogens is 2. The van der Waals surface area contributed by atoms with E-state index in [2.05, 4.69) is 25.8 Å². The Morgan fingerprint density at radius 2 is 1.75 bits per heavy atom. The normalized spacial score (nSPS) is 10.4. The SMILES string of the molecule is Fc1ccc(CCNc2nncc(Nc3ccccc3F)n2)cc1. The monoisotopic (exact) mass is 327 g/mol. The number of aromatic nitrogens is 3. The molecule has 0 unspecified atom stereocenters. The molecule has 1 heterocycles. The Balaban J connectivity index is 1.59. The number of para-hydroxylation sites is 1. The lowest BCUT2D eigenvalue weighted by atomic mass is 10.1. The maximum atomic E-state index is 13.6. The summed E-state index contributed by atoms with van der Waals surface area (Å²) in [7, 11) is 0. The Kier molecular flexibility index (Phi) is 4.90. The van der Waals surface area contributed by atoms with Gasteiger partial charge in [-0.25, -0.2) is 8.78 Å². The second kappa shape index (κ2) is 7.45. The third-order valence-corrected chi connectivity index (χ3v) is 3.31. The molecule has 0 amide bonds. The molecular weight excluding hydrogens is 312 g/mol. The van der Waals surface area contributed by atoms with Crippen LogP contribution < -0.4 is 10.6 Å². The summed E-state index contributed by atoms with van der Waals surface area (Å²) in [6.07, 6.45) is 2.10. The van der Waals surface area contributed by atoms with Gasteiger partial charge in [-0.05, 0) is 36.2 Å². The van der Waals surface area contributed by atoms with E-state index in [0.717, 1.165) is 5.56 Å². The first-order valence-electron chi connectivity index (χ1n) is 7.40. The molecule has 0 spiro atoms. The van der Waals surface area contributed by atoms with Gasteiger partial charge in [-0.3, -0.25) is 0 Å². The van der Waals surface area contributed by atoms with Crippen molar-refractivity contribution in [2.24, 2.45) is 0 Å². The van der Waals surface area contributed by atoms with Crippen LogP contribution in [0.15, 0.2) is 54.7 Å². The molecule has 0 bridgehead atoms. The summed E-state index contributed by atoms with van der Waals surface area (Å²) in [5, 5.41) is 13.6. The Bertz CT molecular complexity index is 808. The Morgan fingerprint density at radius 1 is 0.958 bits per heavy atom. The van der Waals surface area contributed by atoms with E-state index in [1.54, 1.807) is 30.3 Å². The molecule has 0 aliphatic carbocycles. The summed E-state index contributed by atoms with van der Waals surface area (Å²) in [6.45, 7) is 0.566. The van der Waals surface area contributed by atoms with Crippen molar-refractivity contribution in [1.29, 1.82) is 0 Å². The van der Waals surface area contributed by atoms with Crippen molar-refractivity contribution in [3.8, 4) is 0 Å². The summed E-state index contributed by atoms with van der Waals surface area (Å²) in [5.74, 6) is 0.0888. The standard InChI is InChI=1S/C17H15F2N5/c18-13-7-5-12(6-8-13)9-10-20-17-23-16(11-21-24-17)22-15-4-2-1-3-14(15)19/h1-8,11H,9-10H2,(H2,20,22,23,24). The van der Waals surface area contributed by atoms with Gasteiger partial charge in [0.25, 0.3) is 0 Å². The van der Waals surface area contributed by atoms with Gasteiger partial charge in [-0.15, -0.1) is 5.10 Å². The highest BCUT2D eigenvalue weighted by atomic mass is 19.1. The Morgan fingerprint density at radius 3 is 2.54 bits per heavy atom. The van der Waals surface area contributed by atoms with Gasteiger partial charge >= 0.3 is 0 Å². The predicted octanol–water partition coefficient (Wildman–Crippen LogP) is 3.55. The molecule has 0 fully saturated rings. The number of anilines is 3. The highest BCUT2D eigenvalue weighted by molar-refractivity contribution is 5.56. The van der Waals surface area contributed by atoms with Gasteiger partial charge in [0.15, 0.2) is 5.82 Å². The van der Waals surface area contributed by atoms with Crippen LogP contribution in [0.25, 0.3) is 0 Å². The van der Waals surface area contributed by atoms with Crippen LogP contribution in [-0.2, 0) is 6.42 Å². The summed E-state index contributed by atoms with van der Waals surface area (Å²) >= 11 is 0. The highest BCUT2D eigenvalue weighted by Gasteiger charge is 2.04. The maximum Gasteiger partial charge on any atom is 0.244 e. The Hall–Kier alpha value is -3.09. The molecular formula is C17H15F2N5. The second-order valence-electron chi connectivity index (χ2n) is 5.07. The van der Waals surface area contributed by atoms with Gasteiger partial charge in [0.2, 0.25) is 5.95 Å². The van der Waals surface area contributed by atoms with E-state index in [1.165, 1.54) is 24.4 Å². The van der Waals surface area contributed by atoms with Crippen molar-refractivity contribution < 1.29 is 8.78 Å². The maximum absolute atomic E-state index is 13.6. The molecule has 0 aliphatic heterocycles. The summed E-state index contributed by atoms with van der Waals surface area (Å²) in [6, 6.07) is 12.6. The quantitative estimate of drug-likeness (QED) is 0.725. The van der Waals surface area contributed by atoms with Gasteiger partial charge in [0.1, 0.15) is 11.6 Å². The number of rotatable bonds is 6. The van der Waals surface area contributed by atoms with Crippen LogP contribution in [-0.4, -0.2) is 21.7 Å². The molecule has 0 radical (unpaired) electrons. The molecule has 1 aromatic heterocycles. The van der Waals surface area contributed by atoms with Crippen molar-refractivity contribution in [2.45, 2.75) is 6.42 Å². The number of benzene rings is 2. The number of nitrogens with one attached hydrogen (secondary N) is 2. The van der Waals surface area contributed by atoms with Crippen LogP contribution in [0.5, 0.6) is 0 Å². The van der Waals surface area contributed by atoms with Crippen LogP contribution in [0.3, 0.4) is 0 Å². The van der Waals surface area contributed by atoms with Crippen LogP contribution in [0.4, 0.5) is 26.2 Å². The lowest BCUT2D eigenvalue weighted by molar-refractivity contribution is 0.627. The van der Waals surface area contributed by atoms with Gasteiger partial charge in [0, 0.05) is 6.54 Å². The van der Waals surface area contributed by atoms with E-state index in [1.807, 2.05) is 0 Å². The zero-order valence-corrected chi connectivity index (χ0v) is 12.7. The minimum atomic E-state index is -0.373. The van der Waals surface area contributed by atoms with Crippen LogP contribution in [0.2, 0.25) is 0 Å². The highest BCUT2D eigenvalue weighted by Crippen LogP contribution is 2.17. The minimum Gasteiger partial charge on any atom is -0.353 e. The third-order valence-electron chi connectivity index (χ3n) is 3.31. The van der Waals surface area contributed by atoms with Gasteiger partial charge in [-0.2, -0.15) is 10.1 Å². The van der Waals surface area contributed by atoms with Crippen molar-refractivity contribution in [3.63, 3.8) is 0 Å². The molecule has 0 atom stereocenters. The number of hydrogen-bond acceptors (Lipinski definition) is 5. The summed E-state index contributed by atoms with van der Waals surface area (Å²) < 4.78 is 26.5. The molecule has 0 saturated carbocycles. The zero-order valence-electron chi connectivity index (χ0n) is 12.7. The largest absolute Gasteiger partial charge is 0.353 e. The molecule has 7 heteroatoms. The first kappa shape index (κ1) is 15.8. The molecule has 3 rings (SSSR count). The van der Waals surface area contributed by atoms with E-state index in [0.29, 0.717) is 30.4 Å². The molecule has 24 heavy (non-hydrogen) atoms. The zero-order chi connectivity index (χ0) is 16.8. The Labute approximate surface area is 137 Å². The molecule has 2 aromatic carbocycles. The van der Waals surface area contributed by atoms with E-state index in [4.69, 9.17) is 0 Å². The van der Waals surface area contributed by atoms with Gasteiger partial charge in [0.05, 0.1) is 11.9 Å². The van der Waals surface area contributed by atoms with E-state index < -0.39 is 0 Å². The van der Waals surface area contributed by atoms with Crippen molar-refractivity contribution in [1.82, 2.24) is 15.2 Å². The molecule has 122 valence electrons. The smallest absolute Gasteiger partial charge is 0.244 e. The molecule has 2 N–H and O–H groups in total. The third kappa shape index (κ3) is 4.22. The lowest BCUT2D eigenvalue weighted by Gasteiger charge is -2.08. The van der Waals surface area contributed by atoms with E-state index in [-0.39, 0.29) is 11.6 Å². The van der Waals surface area contributed by atoms with Gasteiger partial charge < -0.3 is 10.6 Å². The van der Waals surface area contributed by atoms with Crippen molar-refractivity contribution in [2.75, 3.05) is 17.2 Å². The summed E-state index contributed by atoms with van der Waals surface area (Å²) in [4.78, 5) is 4.23. The molecule has 0 saturated heterocycles. The van der Waals surface area contributed by atoms with E-state index in [9.17, 15) is 8.78 Å².